The molecule has 0 amide bonds. The third-order valence-corrected chi connectivity index (χ3v) is 4.20. The second kappa shape index (κ2) is 5.83. The van der Waals surface area contributed by atoms with Crippen molar-refractivity contribution in [3.63, 3.8) is 0 Å². The largest absolute Gasteiger partial charge is 0.508 e. The number of aromatic hydroxyl groups is 1. The number of benzene rings is 2. The van der Waals surface area contributed by atoms with Crippen LogP contribution in [0.15, 0.2) is 40.9 Å². The fraction of sp³-hybridized carbons (Fsp3) is 0.0769. The van der Waals surface area contributed by atoms with Crippen molar-refractivity contribution in [3.8, 4) is 5.75 Å². The summed E-state index contributed by atoms with van der Waals surface area (Å²) in [6.45, 7) is 0.562. The molecule has 18 heavy (non-hydrogen) atoms. The van der Waals surface area contributed by atoms with Crippen LogP contribution in [0.3, 0.4) is 0 Å². The first kappa shape index (κ1) is 13.5. The third-order valence-electron chi connectivity index (χ3n) is 2.43. The van der Waals surface area contributed by atoms with Gasteiger partial charge in [0.2, 0.25) is 0 Å². The molecule has 0 fully saturated rings. The zero-order valence-electron chi connectivity index (χ0n) is 9.25. The number of halogens is 3. The van der Waals surface area contributed by atoms with Gasteiger partial charge in [0.25, 0.3) is 0 Å². The van der Waals surface area contributed by atoms with Crippen molar-refractivity contribution in [1.82, 2.24) is 0 Å². The molecule has 0 aliphatic heterocycles. The molecule has 0 heterocycles. The van der Waals surface area contributed by atoms with Crippen LogP contribution in [0.2, 0.25) is 10.0 Å². The van der Waals surface area contributed by atoms with Gasteiger partial charge in [-0.3, -0.25) is 0 Å². The first-order valence-corrected chi connectivity index (χ1v) is 6.78. The van der Waals surface area contributed by atoms with Crippen molar-refractivity contribution in [2.75, 3.05) is 5.32 Å². The van der Waals surface area contributed by atoms with Gasteiger partial charge < -0.3 is 10.4 Å². The fourth-order valence-electron chi connectivity index (χ4n) is 1.53. The summed E-state index contributed by atoms with van der Waals surface area (Å²) < 4.78 is 0.761. The highest BCUT2D eigenvalue weighted by molar-refractivity contribution is 9.10. The van der Waals surface area contributed by atoms with Gasteiger partial charge in [0, 0.05) is 11.0 Å². The lowest BCUT2D eigenvalue weighted by molar-refractivity contribution is 0.474. The molecule has 2 nitrogen and oxygen atoms in total. The predicted molar refractivity (Wildman–Crippen MR) is 79.6 cm³/mol. The molecule has 94 valence electrons. The van der Waals surface area contributed by atoms with E-state index in [9.17, 15) is 5.11 Å². The van der Waals surface area contributed by atoms with E-state index in [1.807, 2.05) is 18.2 Å². The Hall–Kier alpha value is -0.900. The Balaban J connectivity index is 2.14. The number of rotatable bonds is 3. The van der Waals surface area contributed by atoms with E-state index >= 15 is 0 Å². The van der Waals surface area contributed by atoms with Crippen LogP contribution in [0, 0.1) is 0 Å². The number of nitrogens with one attached hydrogen (secondary N) is 1. The lowest BCUT2D eigenvalue weighted by Crippen LogP contribution is -2.00. The average molecular weight is 347 g/mol. The zero-order chi connectivity index (χ0) is 13.1. The Morgan fingerprint density at radius 1 is 1.11 bits per heavy atom. The van der Waals surface area contributed by atoms with Crippen molar-refractivity contribution in [3.05, 3.63) is 56.5 Å². The number of phenols is 1. The first-order chi connectivity index (χ1) is 8.58. The van der Waals surface area contributed by atoms with Gasteiger partial charge in [-0.15, -0.1) is 0 Å². The van der Waals surface area contributed by atoms with Crippen molar-refractivity contribution >= 4 is 44.8 Å². The van der Waals surface area contributed by atoms with Crippen molar-refractivity contribution in [2.45, 2.75) is 6.54 Å². The van der Waals surface area contributed by atoms with E-state index in [0.717, 1.165) is 15.7 Å². The zero-order valence-corrected chi connectivity index (χ0v) is 12.4. The van der Waals surface area contributed by atoms with Gasteiger partial charge in [-0.1, -0.05) is 35.3 Å². The van der Waals surface area contributed by atoms with Crippen LogP contribution in [-0.2, 0) is 6.54 Å². The Morgan fingerprint density at radius 2 is 1.89 bits per heavy atom. The van der Waals surface area contributed by atoms with Gasteiger partial charge >= 0.3 is 0 Å². The molecule has 0 aliphatic rings. The first-order valence-electron chi connectivity index (χ1n) is 5.23. The quantitative estimate of drug-likeness (QED) is 0.760. The summed E-state index contributed by atoms with van der Waals surface area (Å²) in [4.78, 5) is 0. The minimum atomic E-state index is 0.245. The van der Waals surface area contributed by atoms with Crippen LogP contribution >= 0.6 is 39.1 Å². The number of hydrogen-bond donors (Lipinski definition) is 2. The summed E-state index contributed by atoms with van der Waals surface area (Å²) in [5.41, 5.74) is 1.72. The van der Waals surface area contributed by atoms with E-state index < -0.39 is 0 Å². The van der Waals surface area contributed by atoms with Crippen LogP contribution in [0.25, 0.3) is 0 Å². The SMILES string of the molecule is Oc1cccc(CNc2ccc(Br)c(Cl)c2Cl)c1. The minimum absolute atomic E-state index is 0.245. The monoisotopic (exact) mass is 345 g/mol. The summed E-state index contributed by atoms with van der Waals surface area (Å²) in [7, 11) is 0. The molecular formula is C13H10BrCl2NO. The number of hydrogen-bond acceptors (Lipinski definition) is 2. The molecule has 0 bridgehead atoms. The van der Waals surface area contributed by atoms with Crippen LogP contribution in [0.4, 0.5) is 5.69 Å². The molecule has 0 aliphatic carbocycles. The Bertz CT molecular complexity index is 575. The molecule has 2 N–H and O–H groups in total. The fourth-order valence-corrected chi connectivity index (χ4v) is 2.37. The van der Waals surface area contributed by atoms with E-state index in [4.69, 9.17) is 23.2 Å². The number of anilines is 1. The maximum Gasteiger partial charge on any atom is 0.115 e. The molecule has 0 unspecified atom stereocenters. The predicted octanol–water partition coefficient (Wildman–Crippen LogP) is 5.07. The molecule has 0 aromatic heterocycles. The summed E-state index contributed by atoms with van der Waals surface area (Å²) >= 11 is 15.5. The van der Waals surface area contributed by atoms with Crippen LogP contribution in [0.5, 0.6) is 5.75 Å². The lowest BCUT2D eigenvalue weighted by Gasteiger charge is -2.10. The van der Waals surface area contributed by atoms with Crippen LogP contribution in [-0.4, -0.2) is 5.11 Å². The molecule has 2 rings (SSSR count). The average Bonchev–Trinajstić information content (AvgIpc) is 2.35. The van der Waals surface area contributed by atoms with Crippen LogP contribution < -0.4 is 5.32 Å². The van der Waals surface area contributed by atoms with E-state index in [0.29, 0.717) is 16.6 Å². The van der Waals surface area contributed by atoms with E-state index in [2.05, 4.69) is 21.2 Å². The van der Waals surface area contributed by atoms with Gasteiger partial charge in [0.1, 0.15) is 5.75 Å². The molecule has 0 saturated heterocycles. The summed E-state index contributed by atoms with van der Waals surface area (Å²) in [5.74, 6) is 0.245. The molecule has 0 atom stereocenters. The molecule has 5 heteroatoms. The van der Waals surface area contributed by atoms with Crippen LogP contribution in [0.1, 0.15) is 5.56 Å². The highest BCUT2D eigenvalue weighted by atomic mass is 79.9. The highest BCUT2D eigenvalue weighted by Crippen LogP contribution is 2.36. The van der Waals surface area contributed by atoms with Gasteiger partial charge in [-0.05, 0) is 45.8 Å². The topological polar surface area (TPSA) is 32.3 Å². The molecule has 2 aromatic carbocycles. The second-order valence-electron chi connectivity index (χ2n) is 3.75. The Labute approximate surface area is 124 Å². The Kier molecular flexibility index (Phi) is 4.38. The molecule has 2 aromatic rings. The minimum Gasteiger partial charge on any atom is -0.508 e. The van der Waals surface area contributed by atoms with E-state index in [1.165, 1.54) is 0 Å². The van der Waals surface area contributed by atoms with E-state index in [1.54, 1.807) is 18.2 Å². The normalized spacial score (nSPS) is 10.4. The van der Waals surface area contributed by atoms with Gasteiger partial charge in [0.05, 0.1) is 15.7 Å². The maximum absolute atomic E-state index is 9.36. The van der Waals surface area contributed by atoms with Crippen molar-refractivity contribution in [2.24, 2.45) is 0 Å². The number of phenolic OH excluding ortho intramolecular Hbond substituents is 1. The van der Waals surface area contributed by atoms with Crippen molar-refractivity contribution < 1.29 is 5.11 Å². The summed E-state index contributed by atoms with van der Waals surface area (Å²) in [6, 6.07) is 10.7. The third kappa shape index (κ3) is 3.10. The lowest BCUT2D eigenvalue weighted by atomic mass is 10.2. The molecule has 0 spiro atoms. The molecular weight excluding hydrogens is 337 g/mol. The van der Waals surface area contributed by atoms with Gasteiger partial charge in [-0.2, -0.15) is 0 Å². The van der Waals surface area contributed by atoms with Crippen molar-refractivity contribution in [1.29, 1.82) is 0 Å². The smallest absolute Gasteiger partial charge is 0.115 e. The summed E-state index contributed by atoms with van der Waals surface area (Å²) in [5, 5.41) is 13.5. The standard InChI is InChI=1S/C13H10BrCl2NO/c14-10-4-5-11(13(16)12(10)15)17-7-8-2-1-3-9(18)6-8/h1-6,17-18H,7H2. The molecule has 0 radical (unpaired) electrons. The van der Waals surface area contributed by atoms with Gasteiger partial charge in [-0.25, -0.2) is 0 Å². The van der Waals surface area contributed by atoms with Gasteiger partial charge in [0.15, 0.2) is 0 Å². The maximum atomic E-state index is 9.36. The highest BCUT2D eigenvalue weighted by Gasteiger charge is 2.08. The Morgan fingerprint density at radius 3 is 2.61 bits per heavy atom. The van der Waals surface area contributed by atoms with E-state index in [-0.39, 0.29) is 5.75 Å². The summed E-state index contributed by atoms with van der Waals surface area (Å²) in [6.07, 6.45) is 0. The molecule has 0 saturated carbocycles. The second-order valence-corrected chi connectivity index (χ2v) is 5.36.